The molecule has 2 aromatic carbocycles. The summed E-state index contributed by atoms with van der Waals surface area (Å²) in [7, 11) is -1.53. The number of aromatic nitrogens is 5. The Hall–Kier alpha value is -3.69. The molecule has 0 atom stereocenters. The minimum Gasteiger partial charge on any atom is -0.299 e. The van der Waals surface area contributed by atoms with Gasteiger partial charge in [0.05, 0.1) is 28.2 Å². The molecule has 1 N–H and O–H groups in total. The Morgan fingerprint density at radius 1 is 1.06 bits per heavy atom. The van der Waals surface area contributed by atoms with Crippen molar-refractivity contribution < 1.29 is 8.42 Å². The largest absolute Gasteiger partial charge is 0.299 e. The molecule has 0 unspecified atom stereocenters. The van der Waals surface area contributed by atoms with E-state index in [1.54, 1.807) is 23.3 Å². The first kappa shape index (κ1) is 21.8. The van der Waals surface area contributed by atoms with E-state index in [1.165, 1.54) is 0 Å². The first-order chi connectivity index (χ1) is 16.9. The molecule has 1 fully saturated rings. The van der Waals surface area contributed by atoms with Crippen molar-refractivity contribution in [2.24, 2.45) is 7.05 Å². The third-order valence-electron chi connectivity index (χ3n) is 6.11. The summed E-state index contributed by atoms with van der Waals surface area (Å²) in [5.41, 5.74) is 6.08. The lowest BCUT2D eigenvalue weighted by Gasteiger charge is -2.13. The van der Waals surface area contributed by atoms with Crippen LogP contribution >= 0.6 is 11.6 Å². The lowest BCUT2D eigenvalue weighted by molar-refractivity contribution is 0.600. The van der Waals surface area contributed by atoms with Gasteiger partial charge < -0.3 is 0 Å². The summed E-state index contributed by atoms with van der Waals surface area (Å²) >= 11 is 6.63. The summed E-state index contributed by atoms with van der Waals surface area (Å²) in [6.07, 6.45) is 8.47. The molecule has 8 nitrogen and oxygen atoms in total. The van der Waals surface area contributed by atoms with Gasteiger partial charge in [-0.1, -0.05) is 35.9 Å². The number of fused-ring (bicyclic) bond motifs is 1. The fourth-order valence-electron chi connectivity index (χ4n) is 4.26. The number of imidazole rings is 1. The van der Waals surface area contributed by atoms with Gasteiger partial charge in [-0.3, -0.25) is 14.0 Å². The Kier molecular flexibility index (Phi) is 5.12. The number of benzene rings is 2. The van der Waals surface area contributed by atoms with Crippen LogP contribution in [0.1, 0.15) is 12.8 Å². The first-order valence-electron chi connectivity index (χ1n) is 11.1. The second-order valence-corrected chi connectivity index (χ2v) is 11.0. The average Bonchev–Trinajstić information content (AvgIpc) is 3.49. The molecule has 1 saturated carbocycles. The number of sulfonamides is 1. The topological polar surface area (TPSA) is 94.7 Å². The van der Waals surface area contributed by atoms with Crippen molar-refractivity contribution >= 4 is 38.5 Å². The minimum atomic E-state index is -3.41. The zero-order valence-electron chi connectivity index (χ0n) is 18.8. The van der Waals surface area contributed by atoms with Crippen molar-refractivity contribution in [3.8, 4) is 27.9 Å². The SMILES string of the molecule is Cn1cc(-c2ccc3c(ncn3-c3ccnc(NS(=O)(=O)C4CC4)c3)c2-c2ccccc2Cl)cn1. The molecule has 1 aliphatic carbocycles. The number of hydrogen-bond acceptors (Lipinski definition) is 5. The van der Waals surface area contributed by atoms with E-state index in [1.807, 2.05) is 66.5 Å². The highest BCUT2D eigenvalue weighted by molar-refractivity contribution is 7.93. The number of nitrogens with one attached hydrogen (secondary N) is 1. The van der Waals surface area contributed by atoms with Gasteiger partial charge in [0.2, 0.25) is 10.0 Å². The molecule has 176 valence electrons. The number of halogens is 1. The molecule has 6 rings (SSSR count). The van der Waals surface area contributed by atoms with Crippen LogP contribution in [0.2, 0.25) is 5.02 Å². The van der Waals surface area contributed by atoms with Crippen molar-refractivity contribution in [1.29, 1.82) is 0 Å². The quantitative estimate of drug-likeness (QED) is 0.349. The molecule has 0 radical (unpaired) electrons. The molecule has 1 aliphatic rings. The molecule has 0 spiro atoms. The lowest BCUT2D eigenvalue weighted by atomic mass is 9.94. The van der Waals surface area contributed by atoms with E-state index < -0.39 is 10.0 Å². The van der Waals surface area contributed by atoms with Crippen molar-refractivity contribution in [3.05, 3.63) is 78.5 Å². The molecule has 3 heterocycles. The lowest BCUT2D eigenvalue weighted by Crippen LogP contribution is -2.18. The summed E-state index contributed by atoms with van der Waals surface area (Å²) in [4.78, 5) is 8.97. The van der Waals surface area contributed by atoms with Gasteiger partial charge in [-0.05, 0) is 36.6 Å². The van der Waals surface area contributed by atoms with Gasteiger partial charge in [0, 0.05) is 47.2 Å². The van der Waals surface area contributed by atoms with Crippen LogP contribution in [0.5, 0.6) is 0 Å². The number of rotatable bonds is 6. The highest BCUT2D eigenvalue weighted by Crippen LogP contribution is 2.41. The molecule has 0 bridgehead atoms. The zero-order valence-corrected chi connectivity index (χ0v) is 20.3. The predicted octanol–water partition coefficient (Wildman–Crippen LogP) is 5.05. The standard InChI is InChI=1S/C25H21ClN6O2S/c1-31-14-16(13-29-31)19-8-9-22-25(24(19)20-4-2-3-5-21(20)26)28-15-32(22)17-10-11-27-23(12-17)30-35(33,34)18-6-7-18/h2-5,8-15,18H,6-7H2,1H3,(H,27,30). The van der Waals surface area contributed by atoms with E-state index in [-0.39, 0.29) is 11.1 Å². The summed E-state index contributed by atoms with van der Waals surface area (Å²) in [6.45, 7) is 0. The maximum Gasteiger partial charge on any atom is 0.236 e. The van der Waals surface area contributed by atoms with Gasteiger partial charge in [0.25, 0.3) is 0 Å². The molecule has 0 saturated heterocycles. The van der Waals surface area contributed by atoms with E-state index in [2.05, 4.69) is 14.8 Å². The van der Waals surface area contributed by atoms with Gasteiger partial charge in [-0.2, -0.15) is 5.10 Å². The van der Waals surface area contributed by atoms with E-state index >= 15 is 0 Å². The monoisotopic (exact) mass is 504 g/mol. The highest BCUT2D eigenvalue weighted by Gasteiger charge is 2.36. The fourth-order valence-corrected chi connectivity index (χ4v) is 5.82. The Labute approximate surface area is 207 Å². The zero-order chi connectivity index (χ0) is 24.2. The second-order valence-electron chi connectivity index (χ2n) is 8.60. The van der Waals surface area contributed by atoms with Gasteiger partial charge in [-0.15, -0.1) is 0 Å². The van der Waals surface area contributed by atoms with Gasteiger partial charge >= 0.3 is 0 Å². The van der Waals surface area contributed by atoms with Crippen LogP contribution in [0.4, 0.5) is 5.82 Å². The smallest absolute Gasteiger partial charge is 0.236 e. The van der Waals surface area contributed by atoms with E-state index in [4.69, 9.17) is 16.6 Å². The normalized spacial score (nSPS) is 13.9. The number of anilines is 1. The summed E-state index contributed by atoms with van der Waals surface area (Å²) in [6, 6.07) is 15.3. The molecule has 3 aromatic heterocycles. The molecular weight excluding hydrogens is 484 g/mol. The summed E-state index contributed by atoms with van der Waals surface area (Å²) in [5, 5.41) is 4.63. The third kappa shape index (κ3) is 3.96. The van der Waals surface area contributed by atoms with Crippen molar-refractivity contribution in [3.63, 3.8) is 0 Å². The Morgan fingerprint density at radius 3 is 2.63 bits per heavy atom. The van der Waals surface area contributed by atoms with Crippen LogP contribution in [-0.2, 0) is 17.1 Å². The van der Waals surface area contributed by atoms with Crippen molar-refractivity contribution in [1.82, 2.24) is 24.3 Å². The Balaban J connectivity index is 1.51. The summed E-state index contributed by atoms with van der Waals surface area (Å²) in [5.74, 6) is 0.287. The van der Waals surface area contributed by atoms with E-state index in [9.17, 15) is 8.42 Å². The van der Waals surface area contributed by atoms with Crippen LogP contribution in [0, 0.1) is 0 Å². The van der Waals surface area contributed by atoms with Crippen LogP contribution < -0.4 is 4.72 Å². The molecule has 0 aliphatic heterocycles. The predicted molar refractivity (Wildman–Crippen MR) is 137 cm³/mol. The van der Waals surface area contributed by atoms with Gasteiger partial charge in [-0.25, -0.2) is 18.4 Å². The average molecular weight is 505 g/mol. The van der Waals surface area contributed by atoms with E-state index in [0.29, 0.717) is 17.9 Å². The van der Waals surface area contributed by atoms with Crippen LogP contribution in [0.3, 0.4) is 0 Å². The maximum absolute atomic E-state index is 12.4. The van der Waals surface area contributed by atoms with Crippen molar-refractivity contribution in [2.75, 3.05) is 4.72 Å². The molecule has 0 amide bonds. The number of pyridine rings is 1. The van der Waals surface area contributed by atoms with Crippen LogP contribution in [0.25, 0.3) is 39.0 Å². The Bertz CT molecular complexity index is 1690. The first-order valence-corrected chi connectivity index (χ1v) is 13.1. The number of aryl methyl sites for hydroxylation is 1. The number of hydrogen-bond donors (Lipinski definition) is 1. The highest BCUT2D eigenvalue weighted by atomic mass is 35.5. The molecular formula is C25H21ClN6O2S. The Morgan fingerprint density at radius 2 is 1.89 bits per heavy atom. The molecule has 5 aromatic rings. The maximum atomic E-state index is 12.4. The van der Waals surface area contributed by atoms with Gasteiger partial charge in [0.15, 0.2) is 0 Å². The summed E-state index contributed by atoms with van der Waals surface area (Å²) < 4.78 is 31.1. The minimum absolute atomic E-state index is 0.287. The molecule has 10 heteroatoms. The van der Waals surface area contributed by atoms with Crippen LogP contribution in [-0.4, -0.2) is 38.0 Å². The second kappa shape index (κ2) is 8.21. The van der Waals surface area contributed by atoms with E-state index in [0.717, 1.165) is 39.0 Å². The third-order valence-corrected chi connectivity index (χ3v) is 8.28. The fraction of sp³-hybridized carbons (Fsp3) is 0.160. The molecule has 35 heavy (non-hydrogen) atoms. The van der Waals surface area contributed by atoms with Crippen LogP contribution in [0.15, 0.2) is 73.4 Å². The number of nitrogens with zero attached hydrogens (tertiary/aromatic N) is 5. The van der Waals surface area contributed by atoms with Gasteiger partial charge in [0.1, 0.15) is 12.1 Å². The van der Waals surface area contributed by atoms with Crippen molar-refractivity contribution in [2.45, 2.75) is 18.1 Å².